The minimum Gasteiger partial charge on any atom is -0.481 e. The lowest BCUT2D eigenvalue weighted by atomic mass is 9.76. The minimum atomic E-state index is -0.837. The third kappa shape index (κ3) is 2.67. The van der Waals surface area contributed by atoms with Crippen molar-refractivity contribution < 1.29 is 18.7 Å². The Morgan fingerprint density at radius 1 is 1.29 bits per heavy atom. The Morgan fingerprint density at radius 2 is 1.86 bits per heavy atom. The summed E-state index contributed by atoms with van der Waals surface area (Å²) in [5.41, 5.74) is -0.821. The van der Waals surface area contributed by atoms with Gasteiger partial charge >= 0.3 is 5.97 Å². The first kappa shape index (κ1) is 15.9. The number of rotatable bonds is 4. The maximum atomic E-state index is 13.9. The van der Waals surface area contributed by atoms with Gasteiger partial charge in [0.25, 0.3) is 0 Å². The molecule has 2 atom stereocenters. The van der Waals surface area contributed by atoms with Crippen LogP contribution in [0.1, 0.15) is 38.8 Å². The van der Waals surface area contributed by atoms with Crippen molar-refractivity contribution in [3.63, 3.8) is 0 Å². The molecule has 1 heterocycles. The number of hydrogen-bond donors (Lipinski definition) is 1. The van der Waals surface area contributed by atoms with Crippen LogP contribution in [0.25, 0.3) is 0 Å². The molecule has 1 aliphatic heterocycles. The van der Waals surface area contributed by atoms with Crippen LogP contribution in [-0.2, 0) is 4.79 Å². The number of likely N-dealkylation sites (tertiary alicyclic amines) is 1. The van der Waals surface area contributed by atoms with Gasteiger partial charge in [0.05, 0.1) is 5.41 Å². The molecular weight excluding hydrogens is 276 g/mol. The zero-order valence-corrected chi connectivity index (χ0v) is 12.6. The molecule has 0 bridgehead atoms. The lowest BCUT2D eigenvalue weighted by Gasteiger charge is -2.31. The number of carboxylic acid groups (broad SMARTS) is 1. The molecule has 0 saturated carbocycles. The fourth-order valence-corrected chi connectivity index (χ4v) is 3.18. The molecule has 2 unspecified atom stereocenters. The van der Waals surface area contributed by atoms with E-state index < -0.39 is 29.1 Å². The highest BCUT2D eigenvalue weighted by atomic mass is 19.1. The molecule has 1 aromatic carbocycles. The molecule has 5 heteroatoms. The van der Waals surface area contributed by atoms with E-state index in [9.17, 15) is 18.7 Å². The van der Waals surface area contributed by atoms with E-state index in [2.05, 4.69) is 0 Å². The van der Waals surface area contributed by atoms with Crippen LogP contribution in [-0.4, -0.2) is 29.1 Å². The van der Waals surface area contributed by atoms with Gasteiger partial charge in [0.15, 0.2) is 0 Å². The van der Waals surface area contributed by atoms with Crippen LogP contribution in [0.15, 0.2) is 18.2 Å². The lowest BCUT2D eigenvalue weighted by Crippen LogP contribution is -2.39. The van der Waals surface area contributed by atoms with Crippen molar-refractivity contribution in [3.05, 3.63) is 35.4 Å². The van der Waals surface area contributed by atoms with E-state index in [4.69, 9.17) is 0 Å². The number of benzene rings is 1. The number of carboxylic acids is 1. The van der Waals surface area contributed by atoms with E-state index >= 15 is 0 Å². The van der Waals surface area contributed by atoms with Crippen molar-refractivity contribution >= 4 is 5.97 Å². The standard InChI is InChI=1S/C16H21F2NO2/c1-10(2)16(15(20)21)7-8-19(9-16)11(3)14-12(17)5-4-6-13(14)18/h4-6,10-11H,7-9H2,1-3H3,(H,20,21). The average molecular weight is 297 g/mol. The molecule has 0 amide bonds. The number of hydrogen-bond acceptors (Lipinski definition) is 2. The van der Waals surface area contributed by atoms with Crippen molar-refractivity contribution in [1.82, 2.24) is 4.90 Å². The number of carbonyl (C=O) groups is 1. The van der Waals surface area contributed by atoms with E-state index in [0.717, 1.165) is 0 Å². The van der Waals surface area contributed by atoms with Crippen molar-refractivity contribution in [3.8, 4) is 0 Å². The van der Waals surface area contributed by atoms with Crippen molar-refractivity contribution in [2.24, 2.45) is 11.3 Å². The Morgan fingerprint density at radius 3 is 2.29 bits per heavy atom. The molecule has 1 aliphatic rings. The molecule has 0 radical (unpaired) electrons. The number of halogens is 2. The first-order valence-electron chi connectivity index (χ1n) is 7.21. The quantitative estimate of drug-likeness (QED) is 0.925. The molecule has 0 aromatic heterocycles. The van der Waals surface area contributed by atoms with Gasteiger partial charge in [0.1, 0.15) is 11.6 Å². The summed E-state index contributed by atoms with van der Waals surface area (Å²) in [7, 11) is 0. The van der Waals surface area contributed by atoms with Crippen LogP contribution in [0.5, 0.6) is 0 Å². The first-order chi connectivity index (χ1) is 9.79. The summed E-state index contributed by atoms with van der Waals surface area (Å²) in [5.74, 6) is -2.03. The Balaban J connectivity index is 2.27. The summed E-state index contributed by atoms with van der Waals surface area (Å²) < 4.78 is 27.8. The highest BCUT2D eigenvalue weighted by Gasteiger charge is 2.48. The van der Waals surface area contributed by atoms with E-state index in [1.54, 1.807) is 6.92 Å². The van der Waals surface area contributed by atoms with Crippen LogP contribution in [0.3, 0.4) is 0 Å². The fraction of sp³-hybridized carbons (Fsp3) is 0.562. The average Bonchev–Trinajstić information content (AvgIpc) is 2.84. The molecular formula is C16H21F2NO2. The molecule has 116 valence electrons. The Labute approximate surface area is 123 Å². The maximum Gasteiger partial charge on any atom is 0.311 e. The molecule has 3 nitrogen and oxygen atoms in total. The van der Waals surface area contributed by atoms with Crippen molar-refractivity contribution in [1.29, 1.82) is 0 Å². The first-order valence-corrected chi connectivity index (χ1v) is 7.21. The van der Waals surface area contributed by atoms with Crippen molar-refractivity contribution in [2.75, 3.05) is 13.1 Å². The predicted molar refractivity (Wildman–Crippen MR) is 75.9 cm³/mol. The predicted octanol–water partition coefficient (Wildman–Crippen LogP) is 3.46. The van der Waals surface area contributed by atoms with Crippen molar-refractivity contribution in [2.45, 2.75) is 33.2 Å². The van der Waals surface area contributed by atoms with Gasteiger partial charge < -0.3 is 5.11 Å². The van der Waals surface area contributed by atoms with Gasteiger partial charge in [-0.1, -0.05) is 19.9 Å². The fourth-order valence-electron chi connectivity index (χ4n) is 3.18. The van der Waals surface area contributed by atoms with Gasteiger partial charge in [-0.05, 0) is 37.9 Å². The summed E-state index contributed by atoms with van der Waals surface area (Å²) in [6.07, 6.45) is 0.500. The van der Waals surface area contributed by atoms with Crippen LogP contribution < -0.4 is 0 Å². The largest absolute Gasteiger partial charge is 0.481 e. The molecule has 2 rings (SSSR count). The maximum absolute atomic E-state index is 13.9. The summed E-state index contributed by atoms with van der Waals surface area (Å²) in [6.45, 7) is 6.33. The monoisotopic (exact) mass is 297 g/mol. The summed E-state index contributed by atoms with van der Waals surface area (Å²) in [4.78, 5) is 13.5. The molecule has 1 aromatic rings. The highest BCUT2D eigenvalue weighted by Crippen LogP contribution is 2.41. The third-order valence-corrected chi connectivity index (χ3v) is 4.83. The van der Waals surface area contributed by atoms with Gasteiger partial charge in [0, 0.05) is 18.2 Å². The van der Waals surface area contributed by atoms with Crippen LogP contribution in [0.4, 0.5) is 8.78 Å². The van der Waals surface area contributed by atoms with Crippen LogP contribution in [0.2, 0.25) is 0 Å². The van der Waals surface area contributed by atoms with Gasteiger partial charge in [-0.25, -0.2) is 8.78 Å². The van der Waals surface area contributed by atoms with Crippen LogP contribution in [0, 0.1) is 23.0 Å². The van der Waals surface area contributed by atoms with Gasteiger partial charge in [-0.15, -0.1) is 0 Å². The van der Waals surface area contributed by atoms with E-state index in [1.807, 2.05) is 18.7 Å². The van der Waals surface area contributed by atoms with Gasteiger partial charge in [-0.3, -0.25) is 9.69 Å². The number of aliphatic carboxylic acids is 1. The zero-order valence-electron chi connectivity index (χ0n) is 12.6. The second-order valence-corrected chi connectivity index (χ2v) is 6.15. The Bertz CT molecular complexity index is 527. The van der Waals surface area contributed by atoms with E-state index in [-0.39, 0.29) is 11.5 Å². The SMILES string of the molecule is CC(c1c(F)cccc1F)N1CCC(C(=O)O)(C(C)C)C1. The second kappa shape index (κ2) is 5.72. The molecule has 1 saturated heterocycles. The van der Waals surface area contributed by atoms with Gasteiger partial charge in [-0.2, -0.15) is 0 Å². The summed E-state index contributed by atoms with van der Waals surface area (Å²) in [5, 5.41) is 9.54. The molecule has 0 aliphatic carbocycles. The number of nitrogens with zero attached hydrogens (tertiary/aromatic N) is 1. The molecule has 1 fully saturated rings. The smallest absolute Gasteiger partial charge is 0.311 e. The third-order valence-electron chi connectivity index (χ3n) is 4.83. The van der Waals surface area contributed by atoms with Crippen LogP contribution >= 0.6 is 0 Å². The van der Waals surface area contributed by atoms with E-state index in [1.165, 1.54) is 18.2 Å². The minimum absolute atomic E-state index is 0.0162. The molecule has 0 spiro atoms. The zero-order chi connectivity index (χ0) is 15.8. The highest BCUT2D eigenvalue weighted by molar-refractivity contribution is 5.75. The molecule has 21 heavy (non-hydrogen) atoms. The Hall–Kier alpha value is -1.49. The summed E-state index contributed by atoms with van der Waals surface area (Å²) >= 11 is 0. The second-order valence-electron chi connectivity index (χ2n) is 6.15. The molecule has 1 N–H and O–H groups in total. The topological polar surface area (TPSA) is 40.5 Å². The van der Waals surface area contributed by atoms with E-state index in [0.29, 0.717) is 19.5 Å². The van der Waals surface area contributed by atoms with Gasteiger partial charge in [0.2, 0.25) is 0 Å². The lowest BCUT2D eigenvalue weighted by molar-refractivity contribution is -0.151. The Kier molecular flexibility index (Phi) is 4.33. The summed E-state index contributed by atoms with van der Waals surface area (Å²) in [6, 6.07) is 3.32. The normalized spacial score (nSPS) is 24.5.